The number of carbonyl (C=O) groups is 1. The number of rotatable bonds is 5. The Labute approximate surface area is 168 Å². The lowest BCUT2D eigenvalue weighted by Gasteiger charge is -2.12. The highest BCUT2D eigenvalue weighted by Gasteiger charge is 2.26. The molecule has 0 saturated carbocycles. The normalized spacial score (nSPS) is 11.1. The Bertz CT molecular complexity index is 1210. The number of ketones is 1. The molecule has 0 aliphatic rings. The van der Waals surface area contributed by atoms with Crippen LogP contribution in [-0.4, -0.2) is 29.6 Å². The van der Waals surface area contributed by atoms with Gasteiger partial charge in [-0.05, 0) is 37.6 Å². The van der Waals surface area contributed by atoms with Crippen molar-refractivity contribution in [1.29, 1.82) is 0 Å². The van der Waals surface area contributed by atoms with Gasteiger partial charge in [-0.1, -0.05) is 12.1 Å². The van der Waals surface area contributed by atoms with Crippen molar-refractivity contribution >= 4 is 16.8 Å². The SMILES string of the molecule is COc1cc(C(=O)c2c(-c3cn(C)cn3)oc3cc(C)ccc23)cc(OC)c1C. The highest BCUT2D eigenvalue weighted by molar-refractivity contribution is 6.19. The van der Waals surface area contributed by atoms with E-state index in [-0.39, 0.29) is 5.78 Å². The van der Waals surface area contributed by atoms with Crippen LogP contribution >= 0.6 is 0 Å². The van der Waals surface area contributed by atoms with Gasteiger partial charge in [0.25, 0.3) is 0 Å². The van der Waals surface area contributed by atoms with Crippen LogP contribution in [0.25, 0.3) is 22.4 Å². The van der Waals surface area contributed by atoms with Gasteiger partial charge >= 0.3 is 0 Å². The summed E-state index contributed by atoms with van der Waals surface area (Å²) in [7, 11) is 5.03. The van der Waals surface area contributed by atoms with Crippen LogP contribution in [0.1, 0.15) is 27.0 Å². The zero-order chi connectivity index (χ0) is 20.7. The first-order valence-corrected chi connectivity index (χ1v) is 9.21. The molecule has 2 aromatic carbocycles. The van der Waals surface area contributed by atoms with Crippen molar-refractivity contribution < 1.29 is 18.7 Å². The van der Waals surface area contributed by atoms with Gasteiger partial charge in [0.2, 0.25) is 0 Å². The summed E-state index contributed by atoms with van der Waals surface area (Å²) in [5.74, 6) is 1.46. The Morgan fingerprint density at radius 3 is 2.34 bits per heavy atom. The minimum atomic E-state index is -0.176. The molecule has 0 atom stereocenters. The van der Waals surface area contributed by atoms with Gasteiger partial charge in [-0.3, -0.25) is 4.79 Å². The monoisotopic (exact) mass is 390 g/mol. The molecule has 0 saturated heterocycles. The van der Waals surface area contributed by atoms with Gasteiger partial charge in [0, 0.05) is 29.8 Å². The van der Waals surface area contributed by atoms with Crippen LogP contribution in [0.5, 0.6) is 11.5 Å². The molecule has 4 aromatic rings. The van der Waals surface area contributed by atoms with Gasteiger partial charge in [0.15, 0.2) is 11.5 Å². The molecule has 6 nitrogen and oxygen atoms in total. The number of methoxy groups -OCH3 is 2. The highest BCUT2D eigenvalue weighted by Crippen LogP contribution is 2.37. The zero-order valence-corrected chi connectivity index (χ0v) is 17.1. The van der Waals surface area contributed by atoms with E-state index >= 15 is 0 Å². The molecule has 2 heterocycles. The van der Waals surface area contributed by atoms with E-state index in [1.54, 1.807) is 32.7 Å². The van der Waals surface area contributed by atoms with Crippen LogP contribution in [0, 0.1) is 13.8 Å². The number of aromatic nitrogens is 2. The van der Waals surface area contributed by atoms with Crippen molar-refractivity contribution in [3.8, 4) is 23.0 Å². The second-order valence-electron chi connectivity index (χ2n) is 7.07. The highest BCUT2D eigenvalue weighted by atomic mass is 16.5. The number of nitrogens with zero attached hydrogens (tertiary/aromatic N) is 2. The van der Waals surface area contributed by atoms with E-state index in [9.17, 15) is 4.79 Å². The lowest BCUT2D eigenvalue weighted by molar-refractivity contribution is 0.103. The van der Waals surface area contributed by atoms with Gasteiger partial charge in [-0.25, -0.2) is 4.98 Å². The minimum Gasteiger partial charge on any atom is -0.496 e. The van der Waals surface area contributed by atoms with E-state index in [0.717, 1.165) is 16.5 Å². The summed E-state index contributed by atoms with van der Waals surface area (Å²) < 4.78 is 18.8. The zero-order valence-electron chi connectivity index (χ0n) is 17.1. The molecule has 0 aliphatic carbocycles. The summed E-state index contributed by atoms with van der Waals surface area (Å²) in [4.78, 5) is 18.0. The van der Waals surface area contributed by atoms with Gasteiger partial charge in [0.05, 0.1) is 26.1 Å². The minimum absolute atomic E-state index is 0.176. The summed E-state index contributed by atoms with van der Waals surface area (Å²) >= 11 is 0. The molecule has 0 amide bonds. The maximum absolute atomic E-state index is 13.6. The Balaban J connectivity index is 1.97. The lowest BCUT2D eigenvalue weighted by Crippen LogP contribution is -2.05. The number of hydrogen-bond acceptors (Lipinski definition) is 5. The van der Waals surface area contributed by atoms with Gasteiger partial charge in [-0.15, -0.1) is 0 Å². The van der Waals surface area contributed by atoms with Crippen molar-refractivity contribution in [3.05, 3.63) is 65.1 Å². The van der Waals surface area contributed by atoms with Crippen molar-refractivity contribution in [3.63, 3.8) is 0 Å². The van der Waals surface area contributed by atoms with Gasteiger partial charge in [0.1, 0.15) is 22.8 Å². The first kappa shape index (κ1) is 18.8. The van der Waals surface area contributed by atoms with Gasteiger partial charge < -0.3 is 18.5 Å². The molecule has 4 rings (SSSR count). The number of ether oxygens (including phenoxy) is 2. The lowest BCUT2D eigenvalue weighted by atomic mass is 9.97. The van der Waals surface area contributed by atoms with Crippen LogP contribution in [0.3, 0.4) is 0 Å². The molecule has 0 spiro atoms. The first-order valence-electron chi connectivity index (χ1n) is 9.21. The largest absolute Gasteiger partial charge is 0.496 e. The molecular weight excluding hydrogens is 368 g/mol. The van der Waals surface area contributed by atoms with Crippen LogP contribution in [-0.2, 0) is 7.05 Å². The number of imidazole rings is 1. The standard InChI is InChI=1S/C23H22N2O4/c1-13-6-7-16-20(8-13)29-23(17-11-25(3)12-24-17)21(16)22(26)15-9-18(27-4)14(2)19(10-15)28-5/h6-12H,1-5H3. The molecule has 0 fully saturated rings. The second-order valence-corrected chi connectivity index (χ2v) is 7.07. The number of benzene rings is 2. The summed E-state index contributed by atoms with van der Waals surface area (Å²) in [6.07, 6.45) is 3.51. The predicted molar refractivity (Wildman–Crippen MR) is 111 cm³/mol. The fourth-order valence-electron chi connectivity index (χ4n) is 3.50. The Kier molecular flexibility index (Phi) is 4.62. The first-order chi connectivity index (χ1) is 13.9. The summed E-state index contributed by atoms with van der Waals surface area (Å²) in [6.45, 7) is 3.88. The fourth-order valence-corrected chi connectivity index (χ4v) is 3.50. The molecule has 0 unspecified atom stereocenters. The smallest absolute Gasteiger partial charge is 0.197 e. The second kappa shape index (κ2) is 7.13. The molecule has 0 aliphatic heterocycles. The maximum Gasteiger partial charge on any atom is 0.197 e. The van der Waals surface area contributed by atoms with E-state index in [2.05, 4.69) is 4.98 Å². The number of hydrogen-bond donors (Lipinski definition) is 0. The molecule has 2 aromatic heterocycles. The maximum atomic E-state index is 13.6. The molecule has 0 radical (unpaired) electrons. The number of furan rings is 1. The summed E-state index contributed by atoms with van der Waals surface area (Å²) in [6, 6.07) is 9.27. The van der Waals surface area contributed by atoms with Gasteiger partial charge in [-0.2, -0.15) is 0 Å². The van der Waals surface area contributed by atoms with Crippen LogP contribution in [0.4, 0.5) is 0 Å². The van der Waals surface area contributed by atoms with Crippen LogP contribution in [0.2, 0.25) is 0 Å². The van der Waals surface area contributed by atoms with Crippen molar-refractivity contribution in [2.24, 2.45) is 7.05 Å². The molecular formula is C23H22N2O4. The molecule has 0 bridgehead atoms. The fraction of sp³-hybridized carbons (Fsp3) is 0.217. The van der Waals surface area contributed by atoms with E-state index < -0.39 is 0 Å². The van der Waals surface area contributed by atoms with Crippen LogP contribution < -0.4 is 9.47 Å². The quantitative estimate of drug-likeness (QED) is 0.462. The predicted octanol–water partition coefficient (Wildman–Crippen LogP) is 4.70. The van der Waals surface area contributed by atoms with Crippen molar-refractivity contribution in [1.82, 2.24) is 9.55 Å². The molecule has 0 N–H and O–H groups in total. The average molecular weight is 390 g/mol. The topological polar surface area (TPSA) is 66.5 Å². The third-order valence-corrected chi connectivity index (χ3v) is 5.02. The summed E-state index contributed by atoms with van der Waals surface area (Å²) in [5.41, 5.74) is 4.09. The Morgan fingerprint density at radius 2 is 1.76 bits per heavy atom. The molecule has 148 valence electrons. The molecule has 29 heavy (non-hydrogen) atoms. The Hall–Kier alpha value is -3.54. The Morgan fingerprint density at radius 1 is 1.07 bits per heavy atom. The average Bonchev–Trinajstić information content (AvgIpc) is 3.30. The third-order valence-electron chi connectivity index (χ3n) is 5.02. The number of fused-ring (bicyclic) bond motifs is 1. The van der Waals surface area contributed by atoms with E-state index in [4.69, 9.17) is 13.9 Å². The van der Waals surface area contributed by atoms with Crippen LogP contribution in [0.15, 0.2) is 47.3 Å². The number of carbonyl (C=O) groups excluding carboxylic acids is 1. The third kappa shape index (κ3) is 3.16. The number of aryl methyl sites for hydroxylation is 2. The van der Waals surface area contributed by atoms with E-state index in [1.165, 1.54) is 0 Å². The van der Waals surface area contributed by atoms with E-state index in [1.807, 2.05) is 49.9 Å². The van der Waals surface area contributed by atoms with E-state index in [0.29, 0.717) is 39.7 Å². The van der Waals surface area contributed by atoms with Crippen molar-refractivity contribution in [2.45, 2.75) is 13.8 Å². The summed E-state index contributed by atoms with van der Waals surface area (Å²) in [5, 5.41) is 0.750. The molecule has 6 heteroatoms. The van der Waals surface area contributed by atoms with Crippen molar-refractivity contribution in [2.75, 3.05) is 14.2 Å².